The summed E-state index contributed by atoms with van der Waals surface area (Å²) in [5.41, 5.74) is 0. The molecular weight excluding hydrogens is 220 g/mol. The zero-order valence-corrected chi connectivity index (χ0v) is 10.9. The molecule has 1 saturated carbocycles. The van der Waals surface area contributed by atoms with Crippen LogP contribution in [0.25, 0.3) is 0 Å². The molecule has 0 aromatic carbocycles. The molecular formula is C11H20N4S. The van der Waals surface area contributed by atoms with E-state index in [1.165, 1.54) is 19.3 Å². The molecule has 5 heteroatoms. The first-order valence-corrected chi connectivity index (χ1v) is 7.15. The van der Waals surface area contributed by atoms with Crippen LogP contribution in [0, 0.1) is 0 Å². The molecule has 1 aliphatic rings. The van der Waals surface area contributed by atoms with E-state index in [0.717, 1.165) is 24.4 Å². The van der Waals surface area contributed by atoms with Gasteiger partial charge in [0.2, 0.25) is 0 Å². The molecule has 1 aliphatic carbocycles. The van der Waals surface area contributed by atoms with Crippen LogP contribution in [0.1, 0.15) is 19.3 Å². The maximum Gasteiger partial charge on any atom is 0.137 e. The van der Waals surface area contributed by atoms with E-state index in [2.05, 4.69) is 28.3 Å². The summed E-state index contributed by atoms with van der Waals surface area (Å²) in [5.74, 6) is 0. The summed E-state index contributed by atoms with van der Waals surface area (Å²) < 4.78 is 1.90. The van der Waals surface area contributed by atoms with Gasteiger partial charge in [0.1, 0.15) is 12.7 Å². The van der Waals surface area contributed by atoms with Gasteiger partial charge in [0.05, 0.1) is 6.54 Å². The summed E-state index contributed by atoms with van der Waals surface area (Å²) in [4.78, 5) is 6.44. The van der Waals surface area contributed by atoms with Gasteiger partial charge < -0.3 is 4.90 Å². The maximum absolute atomic E-state index is 4.13. The minimum Gasteiger partial charge on any atom is -0.300 e. The molecule has 16 heavy (non-hydrogen) atoms. The first-order chi connectivity index (χ1) is 7.81. The van der Waals surface area contributed by atoms with Crippen molar-refractivity contribution in [3.05, 3.63) is 12.7 Å². The molecule has 2 rings (SSSR count). The van der Waals surface area contributed by atoms with Crippen LogP contribution < -0.4 is 0 Å². The third-order valence-corrected chi connectivity index (χ3v) is 4.59. The Bertz CT molecular complexity index is 301. The van der Waals surface area contributed by atoms with Crippen molar-refractivity contribution in [2.75, 3.05) is 19.8 Å². The second kappa shape index (κ2) is 5.68. The van der Waals surface area contributed by atoms with Gasteiger partial charge in [-0.1, -0.05) is 6.42 Å². The molecule has 1 aromatic rings. The van der Waals surface area contributed by atoms with E-state index in [4.69, 9.17) is 0 Å². The number of aromatic nitrogens is 3. The molecule has 0 amide bonds. The highest BCUT2D eigenvalue weighted by Gasteiger charge is 2.29. The number of nitrogens with zero attached hydrogens (tertiary/aromatic N) is 4. The van der Waals surface area contributed by atoms with E-state index in [0.29, 0.717) is 0 Å². The van der Waals surface area contributed by atoms with Crippen molar-refractivity contribution in [3.63, 3.8) is 0 Å². The average molecular weight is 240 g/mol. The lowest BCUT2D eigenvalue weighted by Gasteiger charge is -2.28. The van der Waals surface area contributed by atoms with Crippen LogP contribution in [0.5, 0.6) is 0 Å². The SMILES string of the molecule is CS[C@@H]1CCC[C@@H]1N(C)CCn1cncn1. The predicted molar refractivity (Wildman–Crippen MR) is 67.6 cm³/mol. The third-order valence-electron chi connectivity index (χ3n) is 3.43. The van der Waals surface area contributed by atoms with Gasteiger partial charge in [-0.15, -0.1) is 0 Å². The second-order valence-electron chi connectivity index (χ2n) is 4.41. The Hall–Kier alpha value is -0.550. The van der Waals surface area contributed by atoms with Crippen molar-refractivity contribution >= 4 is 11.8 Å². The summed E-state index contributed by atoms with van der Waals surface area (Å²) in [5, 5.41) is 4.95. The standard InChI is InChI=1S/C11H20N4S/c1-14(6-7-15-9-12-8-13-15)10-4-3-5-11(10)16-2/h8-11H,3-7H2,1-2H3/t10-,11+/m0/s1. The van der Waals surface area contributed by atoms with Crippen LogP contribution in [0.2, 0.25) is 0 Å². The normalized spacial score (nSPS) is 25.4. The first-order valence-electron chi connectivity index (χ1n) is 5.86. The summed E-state index contributed by atoms with van der Waals surface area (Å²) >= 11 is 2.02. The fraction of sp³-hybridized carbons (Fsp3) is 0.818. The van der Waals surface area contributed by atoms with Crippen LogP contribution in [-0.4, -0.2) is 50.8 Å². The summed E-state index contributed by atoms with van der Waals surface area (Å²) in [6.45, 7) is 2.00. The van der Waals surface area contributed by atoms with Crippen LogP contribution >= 0.6 is 11.8 Å². The highest BCUT2D eigenvalue weighted by atomic mass is 32.2. The minimum atomic E-state index is 0.749. The molecule has 4 nitrogen and oxygen atoms in total. The molecule has 0 N–H and O–H groups in total. The van der Waals surface area contributed by atoms with Gasteiger partial charge in [-0.2, -0.15) is 16.9 Å². The molecule has 2 atom stereocenters. The zero-order chi connectivity index (χ0) is 11.4. The molecule has 0 saturated heterocycles. The third kappa shape index (κ3) is 2.77. The van der Waals surface area contributed by atoms with E-state index in [1.54, 1.807) is 12.7 Å². The van der Waals surface area contributed by atoms with Crippen molar-refractivity contribution in [1.29, 1.82) is 0 Å². The Labute approximate surface area is 101 Å². The molecule has 1 heterocycles. The molecule has 0 bridgehead atoms. The van der Waals surface area contributed by atoms with Crippen LogP contribution in [0.4, 0.5) is 0 Å². The first kappa shape index (κ1) is 11.9. The van der Waals surface area contributed by atoms with E-state index in [-0.39, 0.29) is 0 Å². The van der Waals surface area contributed by atoms with Gasteiger partial charge in [-0.05, 0) is 26.1 Å². The number of rotatable bonds is 5. The monoisotopic (exact) mass is 240 g/mol. The van der Waals surface area contributed by atoms with E-state index >= 15 is 0 Å². The van der Waals surface area contributed by atoms with E-state index in [9.17, 15) is 0 Å². The average Bonchev–Trinajstić information content (AvgIpc) is 2.96. The van der Waals surface area contributed by atoms with Crippen LogP contribution in [0.15, 0.2) is 12.7 Å². The Kier molecular flexibility index (Phi) is 4.23. The smallest absolute Gasteiger partial charge is 0.137 e. The molecule has 0 spiro atoms. The van der Waals surface area contributed by atoms with Crippen molar-refractivity contribution in [2.45, 2.75) is 37.1 Å². The highest BCUT2D eigenvalue weighted by Crippen LogP contribution is 2.31. The van der Waals surface area contributed by atoms with Crippen molar-refractivity contribution in [1.82, 2.24) is 19.7 Å². The van der Waals surface area contributed by atoms with Gasteiger partial charge in [-0.3, -0.25) is 4.68 Å². The Morgan fingerprint density at radius 2 is 2.38 bits per heavy atom. The molecule has 0 radical (unpaired) electrons. The van der Waals surface area contributed by atoms with Crippen molar-refractivity contribution in [2.24, 2.45) is 0 Å². The lowest BCUT2D eigenvalue weighted by Crippen LogP contribution is -2.38. The summed E-state index contributed by atoms with van der Waals surface area (Å²) in [6.07, 6.45) is 9.71. The van der Waals surface area contributed by atoms with Crippen LogP contribution in [-0.2, 0) is 6.54 Å². The number of thioether (sulfide) groups is 1. The summed E-state index contributed by atoms with van der Waals surface area (Å²) in [6, 6.07) is 0.749. The maximum atomic E-state index is 4.13. The Balaban J connectivity index is 1.81. The van der Waals surface area contributed by atoms with Gasteiger partial charge in [0, 0.05) is 17.8 Å². The number of hydrogen-bond donors (Lipinski definition) is 0. The lowest BCUT2D eigenvalue weighted by atomic mass is 10.2. The Morgan fingerprint density at radius 1 is 1.50 bits per heavy atom. The molecule has 0 aliphatic heterocycles. The van der Waals surface area contributed by atoms with Gasteiger partial charge in [0.25, 0.3) is 0 Å². The van der Waals surface area contributed by atoms with E-state index < -0.39 is 0 Å². The molecule has 90 valence electrons. The topological polar surface area (TPSA) is 34.0 Å². The minimum absolute atomic E-state index is 0.749. The fourth-order valence-electron chi connectivity index (χ4n) is 2.46. The largest absolute Gasteiger partial charge is 0.300 e. The fourth-order valence-corrected chi connectivity index (χ4v) is 3.52. The van der Waals surface area contributed by atoms with Crippen molar-refractivity contribution < 1.29 is 0 Å². The van der Waals surface area contributed by atoms with Gasteiger partial charge in [0.15, 0.2) is 0 Å². The molecule has 1 fully saturated rings. The number of likely N-dealkylation sites (N-methyl/N-ethyl adjacent to an activating group) is 1. The zero-order valence-electron chi connectivity index (χ0n) is 10.0. The Morgan fingerprint density at radius 3 is 3.06 bits per heavy atom. The summed E-state index contributed by atoms with van der Waals surface area (Å²) in [7, 11) is 2.23. The predicted octanol–water partition coefficient (Wildman–Crippen LogP) is 1.49. The van der Waals surface area contributed by atoms with Gasteiger partial charge in [-0.25, -0.2) is 4.98 Å². The molecule has 0 unspecified atom stereocenters. The van der Waals surface area contributed by atoms with Crippen LogP contribution in [0.3, 0.4) is 0 Å². The quantitative estimate of drug-likeness (QED) is 0.781. The second-order valence-corrected chi connectivity index (χ2v) is 5.49. The highest BCUT2D eigenvalue weighted by molar-refractivity contribution is 7.99. The van der Waals surface area contributed by atoms with Crippen molar-refractivity contribution in [3.8, 4) is 0 Å². The molecule has 1 aromatic heterocycles. The number of hydrogen-bond acceptors (Lipinski definition) is 4. The lowest BCUT2D eigenvalue weighted by molar-refractivity contribution is 0.237. The van der Waals surface area contributed by atoms with Gasteiger partial charge >= 0.3 is 0 Å². The van der Waals surface area contributed by atoms with E-state index in [1.807, 2.05) is 16.4 Å².